The van der Waals surface area contributed by atoms with Gasteiger partial charge in [0.05, 0.1) is 38.1 Å². The number of carbonyl (C=O) groups excluding carboxylic acids is 4. The highest BCUT2D eigenvalue weighted by atomic mass is 32.1. The molecule has 6 rings (SSSR count). The number of carbonyl (C=O) groups is 4. The highest BCUT2D eigenvalue weighted by molar-refractivity contribution is 7.20. The van der Waals surface area contributed by atoms with Crippen LogP contribution in [0.15, 0.2) is 47.6 Å². The number of esters is 1. The first-order valence-corrected chi connectivity index (χ1v) is 16.0. The van der Waals surface area contributed by atoms with Crippen LogP contribution in [0, 0.1) is 0 Å². The lowest BCUT2D eigenvalue weighted by Crippen LogP contribution is -2.43. The summed E-state index contributed by atoms with van der Waals surface area (Å²) in [6, 6.07) is 10.4. The average molecular weight is 659 g/mol. The van der Waals surface area contributed by atoms with E-state index in [0.29, 0.717) is 46.3 Å². The Morgan fingerprint density at radius 3 is 2.72 bits per heavy atom. The van der Waals surface area contributed by atoms with E-state index in [9.17, 15) is 19.2 Å². The number of imidazole rings is 1. The molecule has 0 spiro atoms. The number of thiophene rings is 1. The van der Waals surface area contributed by atoms with Gasteiger partial charge in [-0.05, 0) is 61.4 Å². The third-order valence-corrected chi connectivity index (χ3v) is 9.12. The summed E-state index contributed by atoms with van der Waals surface area (Å²) in [4.78, 5) is 61.9. The van der Waals surface area contributed by atoms with Crippen LogP contribution in [0.2, 0.25) is 0 Å². The second-order valence-corrected chi connectivity index (χ2v) is 12.3. The Labute approximate surface area is 274 Å². The van der Waals surface area contributed by atoms with Crippen LogP contribution in [-0.4, -0.2) is 77.8 Å². The second-order valence-electron chi connectivity index (χ2n) is 11.2. The predicted molar refractivity (Wildman–Crippen MR) is 178 cm³/mol. The molecule has 2 aliphatic heterocycles. The molecule has 47 heavy (non-hydrogen) atoms. The molecule has 2 aromatic carbocycles. The van der Waals surface area contributed by atoms with Crippen molar-refractivity contribution in [2.75, 3.05) is 38.0 Å². The minimum atomic E-state index is -0.458. The number of aryl methyl sites for hydroxylation is 1. The number of nitrogens with one attached hydrogen (secondary N) is 2. The summed E-state index contributed by atoms with van der Waals surface area (Å²) in [5.41, 5.74) is 1.55. The van der Waals surface area contributed by atoms with Crippen molar-refractivity contribution in [3.05, 3.63) is 58.9 Å². The smallest absolute Gasteiger partial charge is 0.348 e. The molecule has 4 aromatic rings. The zero-order chi connectivity index (χ0) is 33.1. The molecule has 0 bridgehead atoms. The lowest BCUT2D eigenvalue weighted by Gasteiger charge is -2.32. The van der Waals surface area contributed by atoms with Gasteiger partial charge in [0, 0.05) is 48.9 Å². The molecule has 0 radical (unpaired) electrons. The third-order valence-electron chi connectivity index (χ3n) is 8.02. The summed E-state index contributed by atoms with van der Waals surface area (Å²) in [6.45, 7) is 0.930. The summed E-state index contributed by atoms with van der Waals surface area (Å²) < 4.78 is 18.7. The maximum absolute atomic E-state index is 13.2. The van der Waals surface area contributed by atoms with E-state index in [0.717, 1.165) is 29.3 Å². The molecule has 2 N–H and O–H groups in total. The third kappa shape index (κ3) is 6.82. The quantitative estimate of drug-likeness (QED) is 0.174. The van der Waals surface area contributed by atoms with Crippen LogP contribution in [-0.2, 0) is 16.6 Å². The standard InChI is InChI=1S/C33H34N6O7S/c1-38-18-28(37-30(38)31(41)35-20-9-10-26-19(13-20)14-27(47-26)33(43)45-3)36-29(40)8-6-12-46-25-16-23-22(15-24(25)44-2)32(42)39-11-5-4-7-21(39)17-34-23/h9-10,13-18,21H,4-8,11-12H2,1-3H3,(H,35,41)(H,36,40)/t21-/m0/s1. The zero-order valence-corrected chi connectivity index (χ0v) is 27.0. The van der Waals surface area contributed by atoms with Gasteiger partial charge in [-0.15, -0.1) is 11.3 Å². The second kappa shape index (κ2) is 13.6. The van der Waals surface area contributed by atoms with Gasteiger partial charge in [-0.1, -0.05) is 0 Å². The van der Waals surface area contributed by atoms with Crippen molar-refractivity contribution in [2.45, 2.75) is 38.1 Å². The van der Waals surface area contributed by atoms with Gasteiger partial charge in [-0.2, -0.15) is 0 Å². The van der Waals surface area contributed by atoms with Crippen LogP contribution in [0.3, 0.4) is 0 Å². The maximum Gasteiger partial charge on any atom is 0.348 e. The van der Waals surface area contributed by atoms with Gasteiger partial charge in [0.25, 0.3) is 11.8 Å². The largest absolute Gasteiger partial charge is 0.493 e. The van der Waals surface area contributed by atoms with E-state index in [1.54, 1.807) is 43.6 Å². The van der Waals surface area contributed by atoms with Gasteiger partial charge in [0.1, 0.15) is 4.88 Å². The van der Waals surface area contributed by atoms with Crippen molar-refractivity contribution in [1.82, 2.24) is 14.5 Å². The number of aromatic nitrogens is 2. The Morgan fingerprint density at radius 2 is 1.91 bits per heavy atom. The first-order valence-electron chi connectivity index (χ1n) is 15.2. The number of amides is 3. The van der Waals surface area contributed by atoms with Crippen molar-refractivity contribution < 1.29 is 33.4 Å². The van der Waals surface area contributed by atoms with Crippen LogP contribution >= 0.6 is 11.3 Å². The van der Waals surface area contributed by atoms with Crippen LogP contribution in [0.25, 0.3) is 10.1 Å². The molecule has 2 aromatic heterocycles. The van der Waals surface area contributed by atoms with Gasteiger partial charge in [0.15, 0.2) is 17.3 Å². The molecule has 0 unspecified atom stereocenters. The highest BCUT2D eigenvalue weighted by Gasteiger charge is 2.31. The number of aliphatic imine (C=N–C) groups is 1. The molecule has 244 valence electrons. The van der Waals surface area contributed by atoms with Crippen molar-refractivity contribution >= 4 is 68.5 Å². The Bertz CT molecular complexity index is 1900. The van der Waals surface area contributed by atoms with E-state index in [-0.39, 0.29) is 42.5 Å². The number of benzene rings is 2. The van der Waals surface area contributed by atoms with Crippen molar-refractivity contribution in [2.24, 2.45) is 12.0 Å². The number of fused-ring (bicyclic) bond motifs is 3. The minimum Gasteiger partial charge on any atom is -0.493 e. The van der Waals surface area contributed by atoms with Gasteiger partial charge < -0.3 is 34.3 Å². The number of hydrogen-bond donors (Lipinski definition) is 2. The van der Waals surface area contributed by atoms with E-state index >= 15 is 0 Å². The van der Waals surface area contributed by atoms with Crippen LogP contribution < -0.4 is 20.1 Å². The summed E-state index contributed by atoms with van der Waals surface area (Å²) >= 11 is 1.31. The Hall–Kier alpha value is -5.24. The van der Waals surface area contributed by atoms with Gasteiger partial charge in [-0.25, -0.2) is 9.78 Å². The van der Waals surface area contributed by atoms with Crippen molar-refractivity contribution in [3.8, 4) is 11.5 Å². The van der Waals surface area contributed by atoms with Crippen LogP contribution in [0.1, 0.15) is 62.8 Å². The Morgan fingerprint density at radius 1 is 1.06 bits per heavy atom. The lowest BCUT2D eigenvalue weighted by molar-refractivity contribution is -0.116. The molecule has 1 saturated heterocycles. The normalized spacial score (nSPS) is 15.4. The van der Waals surface area contributed by atoms with Crippen molar-refractivity contribution in [3.63, 3.8) is 0 Å². The van der Waals surface area contributed by atoms with Gasteiger partial charge >= 0.3 is 5.97 Å². The number of anilines is 2. The number of hydrogen-bond acceptors (Lipinski definition) is 10. The fourth-order valence-electron chi connectivity index (χ4n) is 5.65. The van der Waals surface area contributed by atoms with E-state index in [2.05, 4.69) is 20.6 Å². The molecule has 4 heterocycles. The maximum atomic E-state index is 13.2. The number of ether oxygens (including phenoxy) is 3. The zero-order valence-electron chi connectivity index (χ0n) is 26.2. The monoisotopic (exact) mass is 658 g/mol. The Balaban J connectivity index is 1.02. The number of piperidine rings is 1. The molecule has 0 aliphatic carbocycles. The fourth-order valence-corrected chi connectivity index (χ4v) is 6.61. The first-order chi connectivity index (χ1) is 22.7. The Kier molecular flexibility index (Phi) is 9.20. The molecule has 3 amide bonds. The lowest BCUT2D eigenvalue weighted by atomic mass is 10.0. The van der Waals surface area contributed by atoms with E-state index in [4.69, 9.17) is 14.2 Å². The highest BCUT2D eigenvalue weighted by Crippen LogP contribution is 2.38. The SMILES string of the molecule is COC(=O)c1cc2cc(NC(=O)c3nc(NC(=O)CCCOc4cc5c(cc4OC)C(=O)N4CCCC[C@H]4C=N5)cn3C)ccc2s1. The number of nitrogens with zero attached hydrogens (tertiary/aromatic N) is 4. The molecule has 1 fully saturated rings. The average Bonchev–Trinajstić information content (AvgIpc) is 3.63. The topological polar surface area (TPSA) is 153 Å². The molecule has 0 saturated carbocycles. The number of rotatable bonds is 10. The first kappa shape index (κ1) is 31.7. The van der Waals surface area contributed by atoms with Crippen molar-refractivity contribution in [1.29, 1.82) is 0 Å². The van der Waals surface area contributed by atoms with E-state index in [1.165, 1.54) is 30.1 Å². The minimum absolute atomic E-state index is 0.00680. The molecular formula is C33H34N6O7S. The summed E-state index contributed by atoms with van der Waals surface area (Å²) in [5.74, 6) is -0.00516. The molecule has 1 atom stereocenters. The van der Waals surface area contributed by atoms with Crippen LogP contribution in [0.4, 0.5) is 17.2 Å². The summed E-state index contributed by atoms with van der Waals surface area (Å²) in [5, 5.41) is 6.34. The summed E-state index contributed by atoms with van der Waals surface area (Å²) in [7, 11) is 4.50. The molecule has 13 nitrogen and oxygen atoms in total. The number of methoxy groups -OCH3 is 2. The van der Waals surface area contributed by atoms with Gasteiger partial charge in [-0.3, -0.25) is 19.4 Å². The van der Waals surface area contributed by atoms with E-state index in [1.807, 2.05) is 17.2 Å². The van der Waals surface area contributed by atoms with Crippen LogP contribution in [0.5, 0.6) is 11.5 Å². The molecule has 14 heteroatoms. The molecule has 2 aliphatic rings. The fraction of sp³-hybridized carbons (Fsp3) is 0.333. The summed E-state index contributed by atoms with van der Waals surface area (Å²) in [6.07, 6.45) is 6.87. The predicted octanol–water partition coefficient (Wildman–Crippen LogP) is 5.19. The van der Waals surface area contributed by atoms with Gasteiger partial charge in [0.2, 0.25) is 11.7 Å². The molecular weight excluding hydrogens is 624 g/mol. The van der Waals surface area contributed by atoms with E-state index < -0.39 is 11.9 Å².